The van der Waals surface area contributed by atoms with Gasteiger partial charge >= 0.3 is 0 Å². The molecule has 7 nitrogen and oxygen atoms in total. The van der Waals surface area contributed by atoms with E-state index in [4.69, 9.17) is 16.3 Å². The summed E-state index contributed by atoms with van der Waals surface area (Å²) in [5, 5.41) is 3.25. The number of nitrogens with zero attached hydrogens (tertiary/aromatic N) is 1. The van der Waals surface area contributed by atoms with Crippen molar-refractivity contribution in [2.24, 2.45) is 0 Å². The van der Waals surface area contributed by atoms with Gasteiger partial charge in [-0.05, 0) is 55.0 Å². The molecule has 0 aromatic heterocycles. The number of ketones is 1. The summed E-state index contributed by atoms with van der Waals surface area (Å²) in [7, 11) is 0. The zero-order valence-electron chi connectivity index (χ0n) is 16.2. The van der Waals surface area contributed by atoms with Crippen LogP contribution in [0.4, 0.5) is 0 Å². The number of imide groups is 1. The topological polar surface area (TPSA) is 92.8 Å². The van der Waals surface area contributed by atoms with Crippen LogP contribution in [0.1, 0.15) is 35.2 Å². The average molecular weight is 429 g/mol. The predicted octanol–water partition coefficient (Wildman–Crippen LogP) is 2.61. The average Bonchev–Trinajstić information content (AvgIpc) is 3.07. The van der Waals surface area contributed by atoms with Gasteiger partial charge in [-0.3, -0.25) is 24.1 Å². The van der Waals surface area contributed by atoms with Gasteiger partial charge < -0.3 is 10.1 Å². The lowest BCUT2D eigenvalue weighted by Gasteiger charge is -2.13. The van der Waals surface area contributed by atoms with Crippen molar-refractivity contribution in [3.05, 3.63) is 64.7 Å². The van der Waals surface area contributed by atoms with Crippen molar-refractivity contribution in [3.8, 4) is 5.75 Å². The zero-order valence-corrected chi connectivity index (χ0v) is 17.0. The third kappa shape index (κ3) is 5.67. The first kappa shape index (κ1) is 21.5. The minimum absolute atomic E-state index is 0.133. The highest BCUT2D eigenvalue weighted by molar-refractivity contribution is 6.30. The minimum atomic E-state index is -0.310. The highest BCUT2D eigenvalue weighted by atomic mass is 35.5. The summed E-state index contributed by atoms with van der Waals surface area (Å²) in [6.45, 7) is 0.474. The van der Waals surface area contributed by atoms with Crippen LogP contribution in [-0.4, -0.2) is 48.1 Å². The van der Waals surface area contributed by atoms with Gasteiger partial charge in [0.2, 0.25) is 11.8 Å². The molecule has 1 aliphatic heterocycles. The van der Waals surface area contributed by atoms with Gasteiger partial charge in [-0.15, -0.1) is 0 Å². The first-order chi connectivity index (χ1) is 14.4. The van der Waals surface area contributed by atoms with Crippen LogP contribution in [-0.2, 0) is 14.4 Å². The van der Waals surface area contributed by atoms with Gasteiger partial charge in [0.25, 0.3) is 5.91 Å². The van der Waals surface area contributed by atoms with Crippen LogP contribution >= 0.6 is 11.6 Å². The van der Waals surface area contributed by atoms with Crippen LogP contribution in [0, 0.1) is 0 Å². The Labute approximate surface area is 179 Å². The number of ether oxygens (including phenoxy) is 1. The molecule has 0 bridgehead atoms. The van der Waals surface area contributed by atoms with E-state index >= 15 is 0 Å². The summed E-state index contributed by atoms with van der Waals surface area (Å²) in [6, 6.07) is 13.2. The molecule has 2 aromatic rings. The SMILES string of the molecule is O=C(COc1ccc(C(=O)c2ccc(Cl)cc2)cc1)NCCCN1C(=O)CCC1=O. The Morgan fingerprint density at radius 3 is 2.10 bits per heavy atom. The predicted molar refractivity (Wildman–Crippen MR) is 110 cm³/mol. The highest BCUT2D eigenvalue weighted by Gasteiger charge is 2.27. The summed E-state index contributed by atoms with van der Waals surface area (Å²) in [5.41, 5.74) is 1.03. The van der Waals surface area contributed by atoms with E-state index in [1.54, 1.807) is 48.5 Å². The number of hydrogen-bond acceptors (Lipinski definition) is 5. The van der Waals surface area contributed by atoms with Gasteiger partial charge in [-0.2, -0.15) is 0 Å². The third-order valence-corrected chi connectivity index (χ3v) is 4.88. The molecule has 0 saturated carbocycles. The summed E-state index contributed by atoms with van der Waals surface area (Å²) in [5.74, 6) is -0.298. The van der Waals surface area contributed by atoms with E-state index in [9.17, 15) is 19.2 Å². The Morgan fingerprint density at radius 1 is 0.933 bits per heavy atom. The second-order valence-corrected chi connectivity index (χ2v) is 7.23. The molecule has 8 heteroatoms. The lowest BCUT2D eigenvalue weighted by Crippen LogP contribution is -2.34. The van der Waals surface area contributed by atoms with Crippen LogP contribution in [0.5, 0.6) is 5.75 Å². The lowest BCUT2D eigenvalue weighted by atomic mass is 10.0. The third-order valence-electron chi connectivity index (χ3n) is 4.63. The van der Waals surface area contributed by atoms with Crippen LogP contribution in [0.3, 0.4) is 0 Å². The summed E-state index contributed by atoms with van der Waals surface area (Å²) in [4.78, 5) is 48.5. The second-order valence-electron chi connectivity index (χ2n) is 6.79. The van der Waals surface area contributed by atoms with Gasteiger partial charge in [-0.1, -0.05) is 11.6 Å². The van der Waals surface area contributed by atoms with Crippen molar-refractivity contribution in [2.75, 3.05) is 19.7 Å². The van der Waals surface area contributed by atoms with Crippen LogP contribution in [0.2, 0.25) is 5.02 Å². The number of benzene rings is 2. The molecule has 0 aliphatic carbocycles. The number of rotatable bonds is 9. The maximum absolute atomic E-state index is 12.4. The first-order valence-electron chi connectivity index (χ1n) is 9.57. The van der Waals surface area contributed by atoms with Gasteiger partial charge in [0.05, 0.1) is 0 Å². The standard InChI is InChI=1S/C22H21ClN2O5/c23-17-6-2-15(3-7-17)22(29)16-4-8-18(9-5-16)30-14-19(26)24-12-1-13-25-20(27)10-11-21(25)28/h2-9H,1,10-14H2,(H,24,26). The largest absolute Gasteiger partial charge is 0.484 e. The maximum atomic E-state index is 12.4. The fourth-order valence-electron chi connectivity index (χ4n) is 3.01. The van der Waals surface area contributed by atoms with E-state index in [1.807, 2.05) is 0 Å². The number of likely N-dealkylation sites (tertiary alicyclic amines) is 1. The molecule has 1 N–H and O–H groups in total. The van der Waals surface area contributed by atoms with Crippen LogP contribution in [0.15, 0.2) is 48.5 Å². The molecule has 0 atom stereocenters. The van der Waals surface area contributed by atoms with Gasteiger partial charge in [-0.25, -0.2) is 0 Å². The first-order valence-corrected chi connectivity index (χ1v) is 9.95. The lowest BCUT2D eigenvalue weighted by molar-refractivity contribution is -0.138. The highest BCUT2D eigenvalue weighted by Crippen LogP contribution is 2.17. The normalized spacial score (nSPS) is 13.4. The molecular weight excluding hydrogens is 408 g/mol. The van der Waals surface area contributed by atoms with E-state index in [-0.39, 0.29) is 43.0 Å². The van der Waals surface area contributed by atoms with Crippen molar-refractivity contribution in [3.63, 3.8) is 0 Å². The number of nitrogens with one attached hydrogen (secondary N) is 1. The van der Waals surface area contributed by atoms with E-state index < -0.39 is 0 Å². The number of hydrogen-bond donors (Lipinski definition) is 1. The quantitative estimate of drug-likeness (QED) is 0.376. The number of carbonyl (C=O) groups excluding carboxylic acids is 4. The number of amides is 3. The molecule has 3 rings (SSSR count). The van der Waals surface area contributed by atoms with E-state index in [1.165, 1.54) is 4.90 Å². The van der Waals surface area contributed by atoms with Crippen LogP contribution < -0.4 is 10.1 Å². The smallest absolute Gasteiger partial charge is 0.257 e. The van der Waals surface area contributed by atoms with Gasteiger partial charge in [0, 0.05) is 42.1 Å². The van der Waals surface area contributed by atoms with Crippen LogP contribution in [0.25, 0.3) is 0 Å². The van der Waals surface area contributed by atoms with Crippen molar-refractivity contribution in [1.29, 1.82) is 0 Å². The molecule has 2 aromatic carbocycles. The van der Waals surface area contributed by atoms with E-state index in [0.717, 1.165) is 0 Å². The summed E-state index contributed by atoms with van der Waals surface area (Å²) >= 11 is 5.84. The zero-order chi connectivity index (χ0) is 21.5. The maximum Gasteiger partial charge on any atom is 0.257 e. The second kappa shape index (κ2) is 10.0. The fourth-order valence-corrected chi connectivity index (χ4v) is 3.13. The molecule has 0 spiro atoms. The monoisotopic (exact) mass is 428 g/mol. The van der Waals surface area contributed by atoms with Gasteiger partial charge in [0.1, 0.15) is 5.75 Å². The number of halogens is 1. The van der Waals surface area contributed by atoms with Crippen molar-refractivity contribution in [1.82, 2.24) is 10.2 Å². The molecule has 0 radical (unpaired) electrons. The van der Waals surface area contributed by atoms with Crippen molar-refractivity contribution in [2.45, 2.75) is 19.3 Å². The minimum Gasteiger partial charge on any atom is -0.484 e. The molecule has 1 saturated heterocycles. The van der Waals surface area contributed by atoms with E-state index in [2.05, 4.69) is 5.32 Å². The molecular formula is C22H21ClN2O5. The fraction of sp³-hybridized carbons (Fsp3) is 0.273. The Kier molecular flexibility index (Phi) is 7.19. The molecule has 1 aliphatic rings. The molecule has 1 heterocycles. The Hall–Kier alpha value is -3.19. The molecule has 30 heavy (non-hydrogen) atoms. The number of carbonyl (C=O) groups is 4. The molecule has 156 valence electrons. The molecule has 3 amide bonds. The Balaban J connectivity index is 1.39. The summed E-state index contributed by atoms with van der Waals surface area (Å²) in [6.07, 6.45) is 1.02. The molecule has 0 unspecified atom stereocenters. The summed E-state index contributed by atoms with van der Waals surface area (Å²) < 4.78 is 5.43. The van der Waals surface area contributed by atoms with Gasteiger partial charge in [0.15, 0.2) is 12.4 Å². The van der Waals surface area contributed by atoms with E-state index in [0.29, 0.717) is 41.4 Å². The Bertz CT molecular complexity index is 925. The van der Waals surface area contributed by atoms with Crippen molar-refractivity contribution < 1.29 is 23.9 Å². The van der Waals surface area contributed by atoms with Crippen molar-refractivity contribution >= 4 is 35.1 Å². The molecule has 1 fully saturated rings. The Morgan fingerprint density at radius 2 is 1.50 bits per heavy atom.